The lowest BCUT2D eigenvalue weighted by atomic mass is 9.75. The van der Waals surface area contributed by atoms with E-state index in [0.717, 1.165) is 44.5 Å². The predicted molar refractivity (Wildman–Crippen MR) is 170 cm³/mol. The van der Waals surface area contributed by atoms with Crippen LogP contribution in [0.25, 0.3) is 61.7 Å². The number of rotatable bonds is 6. The smallest absolute Gasteiger partial charge is 0.204 e. The molecular weight excluding hydrogens is 520 g/mol. The normalized spacial score (nSPS) is 10.9. The van der Waals surface area contributed by atoms with Gasteiger partial charge in [0.05, 0.1) is 0 Å². The van der Waals surface area contributed by atoms with E-state index in [0.29, 0.717) is 11.1 Å². The van der Waals surface area contributed by atoms with Gasteiger partial charge in [-0.3, -0.25) is 0 Å². The summed E-state index contributed by atoms with van der Waals surface area (Å²) in [6, 6.07) is 41.2. The Kier molecular flexibility index (Phi) is 6.95. The van der Waals surface area contributed by atoms with Crippen molar-refractivity contribution in [2.75, 3.05) is 0 Å². The fourth-order valence-electron chi connectivity index (χ4n) is 5.66. The molecule has 0 aliphatic carbocycles. The van der Waals surface area contributed by atoms with Crippen molar-refractivity contribution in [3.63, 3.8) is 0 Å². The molecule has 0 bridgehead atoms. The molecule has 0 saturated carbocycles. The highest BCUT2D eigenvalue weighted by atomic mass is 16.3. The zero-order valence-corrected chi connectivity index (χ0v) is 22.7. The summed E-state index contributed by atoms with van der Waals surface area (Å²) in [4.78, 5) is 0. The van der Waals surface area contributed by atoms with E-state index in [2.05, 4.69) is 18.7 Å². The lowest BCUT2D eigenvalue weighted by Gasteiger charge is -2.27. The van der Waals surface area contributed by atoms with E-state index in [9.17, 15) is 20.4 Å². The molecule has 0 atom stereocenters. The summed E-state index contributed by atoms with van der Waals surface area (Å²) < 4.78 is 0. The Morgan fingerprint density at radius 3 is 1.17 bits per heavy atom. The fourth-order valence-corrected chi connectivity index (χ4v) is 5.66. The minimum atomic E-state index is -0.798. The van der Waals surface area contributed by atoms with Crippen molar-refractivity contribution in [2.45, 2.75) is 0 Å². The molecule has 0 unspecified atom stereocenters. The SMILES string of the molecule is C=Cc1c(-c2ccccc2)c(-c2ccccc2)c(-c2ccccc2)c(-c2ccccc2)c1-c1cc(O)c(O)c(O)c1O. The molecule has 4 heteroatoms. The van der Waals surface area contributed by atoms with Gasteiger partial charge in [0.25, 0.3) is 0 Å². The topological polar surface area (TPSA) is 80.9 Å². The first-order valence-electron chi connectivity index (χ1n) is 13.6. The summed E-state index contributed by atoms with van der Waals surface area (Å²) in [5, 5.41) is 42.9. The van der Waals surface area contributed by atoms with Gasteiger partial charge in [0.2, 0.25) is 11.5 Å². The monoisotopic (exact) mass is 548 g/mol. The summed E-state index contributed by atoms with van der Waals surface area (Å²) in [6.07, 6.45) is 1.74. The Labute approximate surface area is 244 Å². The molecule has 4 N–H and O–H groups in total. The molecule has 204 valence electrons. The van der Waals surface area contributed by atoms with Crippen molar-refractivity contribution in [2.24, 2.45) is 0 Å². The van der Waals surface area contributed by atoms with Gasteiger partial charge in [0, 0.05) is 11.1 Å². The lowest BCUT2D eigenvalue weighted by molar-refractivity contribution is 0.347. The second-order valence-corrected chi connectivity index (χ2v) is 9.95. The summed E-state index contributed by atoms with van der Waals surface area (Å²) >= 11 is 0. The van der Waals surface area contributed by atoms with E-state index in [1.807, 2.05) is 109 Å². The molecule has 0 aliphatic rings. The van der Waals surface area contributed by atoms with E-state index in [-0.39, 0.29) is 5.56 Å². The Morgan fingerprint density at radius 2 is 0.762 bits per heavy atom. The van der Waals surface area contributed by atoms with Crippen molar-refractivity contribution in [1.29, 1.82) is 0 Å². The van der Waals surface area contributed by atoms with Gasteiger partial charge < -0.3 is 20.4 Å². The Bertz CT molecular complexity index is 1900. The number of hydrogen-bond donors (Lipinski definition) is 4. The zero-order valence-electron chi connectivity index (χ0n) is 22.7. The molecule has 0 aliphatic heterocycles. The molecule has 4 nitrogen and oxygen atoms in total. The van der Waals surface area contributed by atoms with E-state index >= 15 is 0 Å². The summed E-state index contributed by atoms with van der Waals surface area (Å²) in [5.74, 6) is -2.68. The average molecular weight is 549 g/mol. The number of hydrogen-bond acceptors (Lipinski definition) is 4. The van der Waals surface area contributed by atoms with Gasteiger partial charge in [0.1, 0.15) is 0 Å². The highest BCUT2D eigenvalue weighted by Gasteiger charge is 2.30. The summed E-state index contributed by atoms with van der Waals surface area (Å²) in [6.45, 7) is 4.21. The van der Waals surface area contributed by atoms with Crippen LogP contribution in [-0.2, 0) is 0 Å². The Morgan fingerprint density at radius 1 is 0.405 bits per heavy atom. The van der Waals surface area contributed by atoms with Crippen LogP contribution in [-0.4, -0.2) is 20.4 Å². The third-order valence-corrected chi connectivity index (χ3v) is 7.49. The second kappa shape index (κ2) is 11.0. The molecule has 6 aromatic rings. The summed E-state index contributed by atoms with van der Waals surface area (Å²) in [7, 11) is 0. The molecule has 0 heterocycles. The maximum absolute atomic E-state index is 11.3. The molecule has 0 amide bonds. The van der Waals surface area contributed by atoms with Crippen molar-refractivity contribution in [3.05, 3.63) is 140 Å². The van der Waals surface area contributed by atoms with Gasteiger partial charge in [-0.25, -0.2) is 0 Å². The number of aromatic hydroxyl groups is 4. The highest BCUT2D eigenvalue weighted by Crippen LogP contribution is 2.57. The van der Waals surface area contributed by atoms with Crippen LogP contribution in [0.2, 0.25) is 0 Å². The molecule has 6 aromatic carbocycles. The molecule has 42 heavy (non-hydrogen) atoms. The molecular formula is C38H28O4. The van der Waals surface area contributed by atoms with Gasteiger partial charge in [-0.2, -0.15) is 0 Å². The maximum atomic E-state index is 11.3. The van der Waals surface area contributed by atoms with Gasteiger partial charge in [-0.15, -0.1) is 0 Å². The second-order valence-electron chi connectivity index (χ2n) is 9.95. The largest absolute Gasteiger partial charge is 0.504 e. The lowest BCUT2D eigenvalue weighted by Crippen LogP contribution is -2.02. The van der Waals surface area contributed by atoms with E-state index < -0.39 is 23.0 Å². The van der Waals surface area contributed by atoms with Crippen molar-refractivity contribution < 1.29 is 20.4 Å². The van der Waals surface area contributed by atoms with Crippen LogP contribution in [0.4, 0.5) is 0 Å². The third kappa shape index (κ3) is 4.45. The van der Waals surface area contributed by atoms with Crippen LogP contribution in [0.1, 0.15) is 5.56 Å². The van der Waals surface area contributed by atoms with Crippen LogP contribution in [0.15, 0.2) is 134 Å². The highest BCUT2D eigenvalue weighted by molar-refractivity contribution is 6.12. The fraction of sp³-hybridized carbons (Fsp3) is 0. The Hall–Kier alpha value is -5.74. The first-order chi connectivity index (χ1) is 20.5. The predicted octanol–water partition coefficient (Wildman–Crippen LogP) is 9.49. The van der Waals surface area contributed by atoms with Crippen LogP contribution in [0.5, 0.6) is 23.0 Å². The van der Waals surface area contributed by atoms with Crippen LogP contribution in [0, 0.1) is 0 Å². The third-order valence-electron chi connectivity index (χ3n) is 7.49. The average Bonchev–Trinajstić information content (AvgIpc) is 3.05. The van der Waals surface area contributed by atoms with Crippen LogP contribution < -0.4 is 0 Å². The van der Waals surface area contributed by atoms with E-state index in [1.165, 1.54) is 6.07 Å². The van der Waals surface area contributed by atoms with Crippen LogP contribution >= 0.6 is 0 Å². The quantitative estimate of drug-likeness (QED) is 0.123. The minimum absolute atomic E-state index is 0.158. The maximum Gasteiger partial charge on any atom is 0.204 e. The van der Waals surface area contributed by atoms with Crippen molar-refractivity contribution >= 4 is 6.08 Å². The Balaban J connectivity index is 1.96. The number of phenols is 4. The molecule has 0 fully saturated rings. The first-order valence-corrected chi connectivity index (χ1v) is 13.6. The van der Waals surface area contributed by atoms with Crippen molar-refractivity contribution in [3.8, 4) is 78.6 Å². The first kappa shape index (κ1) is 26.5. The molecule has 0 spiro atoms. The van der Waals surface area contributed by atoms with Gasteiger partial charge >= 0.3 is 0 Å². The van der Waals surface area contributed by atoms with Crippen molar-refractivity contribution in [1.82, 2.24) is 0 Å². The summed E-state index contributed by atoms with van der Waals surface area (Å²) in [5.41, 5.74) is 8.64. The molecule has 0 radical (unpaired) electrons. The molecule has 0 aromatic heterocycles. The number of benzene rings is 6. The van der Waals surface area contributed by atoms with E-state index in [4.69, 9.17) is 0 Å². The minimum Gasteiger partial charge on any atom is -0.504 e. The number of phenolic OH excluding ortho intramolecular Hbond substituents is 4. The standard InChI is InChI=1S/C38H28O4/c1-2-28-31(24-15-7-3-8-16-24)32(25-17-9-4-10-18-25)33(26-19-11-5-12-20-26)34(27-21-13-6-14-22-27)35(28)29-23-30(39)37(41)38(42)36(29)40/h2-23,39-42H,1H2. The molecule has 6 rings (SSSR count). The zero-order chi connectivity index (χ0) is 29.2. The van der Waals surface area contributed by atoms with Gasteiger partial charge in [0.15, 0.2) is 11.5 Å². The molecule has 0 saturated heterocycles. The van der Waals surface area contributed by atoms with Gasteiger partial charge in [-0.05, 0) is 56.1 Å². The van der Waals surface area contributed by atoms with E-state index in [1.54, 1.807) is 6.08 Å². The van der Waals surface area contributed by atoms with Crippen LogP contribution in [0.3, 0.4) is 0 Å². The van der Waals surface area contributed by atoms with Gasteiger partial charge in [-0.1, -0.05) is 134 Å².